The minimum absolute atomic E-state index is 0.0232. The van der Waals surface area contributed by atoms with Crippen molar-refractivity contribution < 1.29 is 19.4 Å². The molecule has 1 heterocycles. The van der Waals surface area contributed by atoms with Gasteiger partial charge in [-0.1, -0.05) is 6.07 Å². The number of ether oxygens (including phenoxy) is 1. The molecule has 0 saturated carbocycles. The van der Waals surface area contributed by atoms with E-state index in [1.165, 1.54) is 13.2 Å². The lowest BCUT2D eigenvalue weighted by atomic mass is 9.98. The number of esters is 1. The van der Waals surface area contributed by atoms with Crippen molar-refractivity contribution in [2.75, 3.05) is 27.2 Å². The van der Waals surface area contributed by atoms with Crippen molar-refractivity contribution in [3.8, 4) is 0 Å². The van der Waals surface area contributed by atoms with Crippen LogP contribution < -0.4 is 0 Å². The Morgan fingerprint density at radius 1 is 1.33 bits per heavy atom. The Morgan fingerprint density at radius 3 is 2.38 bits per heavy atom. The minimum Gasteiger partial charge on any atom is -0.478 e. The van der Waals surface area contributed by atoms with Crippen molar-refractivity contribution in [1.82, 2.24) is 4.90 Å². The number of carbonyl (C=O) groups excluding carboxylic acids is 1. The van der Waals surface area contributed by atoms with Crippen molar-refractivity contribution >= 4 is 18.3 Å². The number of likely N-dealkylation sites (N-methyl/N-ethyl adjacent to an activating group) is 1. The lowest BCUT2D eigenvalue weighted by Gasteiger charge is -2.09. The van der Waals surface area contributed by atoms with E-state index in [-0.39, 0.29) is 11.1 Å². The van der Waals surface area contributed by atoms with E-state index in [9.17, 15) is 9.59 Å². The molecule has 0 spiro atoms. The van der Waals surface area contributed by atoms with E-state index in [0.717, 1.165) is 18.7 Å². The number of aryl methyl sites for hydroxylation is 1. The maximum absolute atomic E-state index is 11.4. The van der Waals surface area contributed by atoms with Crippen LogP contribution in [-0.4, -0.2) is 55.5 Å². The molecule has 0 amide bonds. The maximum Gasteiger partial charge on any atom is 0.339 e. The van der Waals surface area contributed by atoms with E-state index in [0.29, 0.717) is 5.56 Å². The van der Waals surface area contributed by atoms with Crippen LogP contribution in [0.25, 0.3) is 0 Å². The number of nitrogens with zero attached hydrogens (tertiary/aromatic N) is 2. The summed E-state index contributed by atoms with van der Waals surface area (Å²) in [6, 6.07) is 3.09. The van der Waals surface area contributed by atoms with Crippen LogP contribution in [-0.2, 0) is 4.74 Å². The summed E-state index contributed by atoms with van der Waals surface area (Å²) in [5.74, 6) is -1.74. The monoisotopic (exact) mass is 292 g/mol. The summed E-state index contributed by atoms with van der Waals surface area (Å²) >= 11 is 0. The predicted molar refractivity (Wildman–Crippen MR) is 80.2 cm³/mol. The maximum atomic E-state index is 11.4. The van der Waals surface area contributed by atoms with E-state index in [1.807, 2.05) is 20.3 Å². The van der Waals surface area contributed by atoms with Crippen molar-refractivity contribution in [2.45, 2.75) is 13.8 Å². The molecule has 2 rings (SSSR count). The van der Waals surface area contributed by atoms with Crippen molar-refractivity contribution in [3.05, 3.63) is 34.4 Å². The number of methoxy groups -OCH3 is 1. The largest absolute Gasteiger partial charge is 0.478 e. The number of aliphatic imine (C=N–C) groups is 1. The predicted octanol–water partition coefficient (Wildman–Crippen LogP) is 1.75. The van der Waals surface area contributed by atoms with Gasteiger partial charge in [0.05, 0.1) is 31.1 Å². The smallest absolute Gasteiger partial charge is 0.339 e. The molecule has 6 nitrogen and oxygen atoms in total. The van der Waals surface area contributed by atoms with Crippen LogP contribution in [0.15, 0.2) is 17.1 Å². The summed E-state index contributed by atoms with van der Waals surface area (Å²) in [6.45, 7) is 5.60. The number of benzene rings is 1. The highest BCUT2D eigenvalue weighted by molar-refractivity contribution is 6.03. The Labute approximate surface area is 124 Å². The fourth-order valence-electron chi connectivity index (χ4n) is 1.83. The highest BCUT2D eigenvalue weighted by Crippen LogP contribution is 2.19. The summed E-state index contributed by atoms with van der Waals surface area (Å²) in [5, 5.41) is 8.92. The van der Waals surface area contributed by atoms with Gasteiger partial charge in [-0.2, -0.15) is 0 Å². The normalized spacial score (nSPS) is 12.7. The van der Waals surface area contributed by atoms with Gasteiger partial charge in [0.15, 0.2) is 0 Å². The van der Waals surface area contributed by atoms with Gasteiger partial charge in [-0.3, -0.25) is 4.99 Å². The van der Waals surface area contributed by atoms with Crippen LogP contribution in [0, 0.1) is 13.8 Å². The molecule has 0 aliphatic carbocycles. The van der Waals surface area contributed by atoms with E-state index < -0.39 is 11.9 Å². The first-order valence-corrected chi connectivity index (χ1v) is 6.50. The molecule has 0 bridgehead atoms. The molecule has 114 valence electrons. The molecule has 1 aromatic rings. The summed E-state index contributed by atoms with van der Waals surface area (Å²) in [7, 11) is 3.26. The van der Waals surface area contributed by atoms with Crippen LogP contribution in [0.4, 0.5) is 0 Å². The summed E-state index contributed by atoms with van der Waals surface area (Å²) in [5.41, 5.74) is 1.61. The Kier molecular flexibility index (Phi) is 5.90. The SMILES string of the molecule is CN1C=NCC1.COC(=O)c1c(C(=O)O)ccc(C)c1C. The third-order valence-electron chi connectivity index (χ3n) is 3.22. The first-order valence-electron chi connectivity index (χ1n) is 6.50. The third-order valence-corrected chi connectivity index (χ3v) is 3.22. The van der Waals surface area contributed by atoms with Crippen LogP contribution in [0.3, 0.4) is 0 Å². The number of hydrogen-bond donors (Lipinski definition) is 1. The van der Waals surface area contributed by atoms with Crippen molar-refractivity contribution in [3.63, 3.8) is 0 Å². The van der Waals surface area contributed by atoms with Crippen LogP contribution >= 0.6 is 0 Å². The van der Waals surface area contributed by atoms with Crippen molar-refractivity contribution in [1.29, 1.82) is 0 Å². The second-order valence-electron chi connectivity index (χ2n) is 4.73. The molecular formula is C15H20N2O4. The Hall–Kier alpha value is -2.37. The number of carbonyl (C=O) groups is 2. The molecule has 21 heavy (non-hydrogen) atoms. The van der Waals surface area contributed by atoms with Gasteiger partial charge >= 0.3 is 11.9 Å². The molecule has 0 atom stereocenters. The Bertz CT molecular complexity index is 567. The average molecular weight is 292 g/mol. The lowest BCUT2D eigenvalue weighted by molar-refractivity contribution is 0.0581. The van der Waals surface area contributed by atoms with Gasteiger partial charge < -0.3 is 14.7 Å². The topological polar surface area (TPSA) is 79.2 Å². The zero-order valence-corrected chi connectivity index (χ0v) is 12.7. The molecule has 1 N–H and O–H groups in total. The zero-order chi connectivity index (χ0) is 16.0. The van der Waals surface area contributed by atoms with Crippen LogP contribution in [0.1, 0.15) is 31.8 Å². The van der Waals surface area contributed by atoms with Crippen molar-refractivity contribution in [2.24, 2.45) is 4.99 Å². The number of aromatic carboxylic acids is 1. The molecule has 0 unspecified atom stereocenters. The molecule has 1 aromatic carbocycles. The molecule has 6 heteroatoms. The number of carboxylic acid groups (broad SMARTS) is 1. The van der Waals surface area contributed by atoms with Gasteiger partial charge in [0.25, 0.3) is 0 Å². The van der Waals surface area contributed by atoms with Gasteiger partial charge in [-0.25, -0.2) is 9.59 Å². The second-order valence-corrected chi connectivity index (χ2v) is 4.73. The van der Waals surface area contributed by atoms with E-state index in [4.69, 9.17) is 5.11 Å². The van der Waals surface area contributed by atoms with Gasteiger partial charge in [0.2, 0.25) is 0 Å². The number of rotatable bonds is 2. The van der Waals surface area contributed by atoms with E-state index in [2.05, 4.69) is 14.6 Å². The first-order chi connectivity index (χ1) is 9.88. The molecule has 0 saturated heterocycles. The Morgan fingerprint density at radius 2 is 2.00 bits per heavy atom. The first kappa shape index (κ1) is 16.7. The molecule has 0 aromatic heterocycles. The summed E-state index contributed by atoms with van der Waals surface area (Å²) < 4.78 is 4.56. The van der Waals surface area contributed by atoms with Gasteiger partial charge in [-0.05, 0) is 31.0 Å². The highest BCUT2D eigenvalue weighted by atomic mass is 16.5. The average Bonchev–Trinajstić information content (AvgIpc) is 2.92. The zero-order valence-electron chi connectivity index (χ0n) is 12.7. The van der Waals surface area contributed by atoms with E-state index in [1.54, 1.807) is 13.0 Å². The molecule has 0 radical (unpaired) electrons. The minimum atomic E-state index is -1.13. The third kappa shape index (κ3) is 4.30. The number of hydrogen-bond acceptors (Lipinski definition) is 5. The molecule has 1 aliphatic rings. The number of carboxylic acids is 1. The lowest BCUT2D eigenvalue weighted by Crippen LogP contribution is -2.12. The summed E-state index contributed by atoms with van der Waals surface area (Å²) in [4.78, 5) is 28.4. The molecular weight excluding hydrogens is 272 g/mol. The Balaban J connectivity index is 0.000000304. The standard InChI is InChI=1S/C11H12O4.C4H8N2/c1-6-4-5-8(10(12)13)9(7(6)2)11(14)15-3;1-6-3-2-5-4-6/h4-5H,1-3H3,(H,12,13);4H,2-3H2,1H3. The second kappa shape index (κ2) is 7.42. The molecule has 1 aliphatic heterocycles. The van der Waals surface area contributed by atoms with Gasteiger partial charge in [0, 0.05) is 13.6 Å². The molecule has 0 fully saturated rings. The van der Waals surface area contributed by atoms with Crippen LogP contribution in [0.2, 0.25) is 0 Å². The fraction of sp³-hybridized carbons (Fsp3) is 0.400. The quantitative estimate of drug-likeness (QED) is 0.840. The summed E-state index contributed by atoms with van der Waals surface area (Å²) in [6.07, 6.45) is 1.86. The fourth-order valence-corrected chi connectivity index (χ4v) is 1.83. The highest BCUT2D eigenvalue weighted by Gasteiger charge is 2.20. The van der Waals surface area contributed by atoms with Gasteiger partial charge in [-0.15, -0.1) is 0 Å². The van der Waals surface area contributed by atoms with Gasteiger partial charge in [0.1, 0.15) is 0 Å². The van der Waals surface area contributed by atoms with Crippen LogP contribution in [0.5, 0.6) is 0 Å². The van der Waals surface area contributed by atoms with E-state index >= 15 is 0 Å².